The number of carbonyl (C=O) groups is 1. The van der Waals surface area contributed by atoms with Crippen LogP contribution in [0.25, 0.3) is 0 Å². The molecule has 0 radical (unpaired) electrons. The van der Waals surface area contributed by atoms with E-state index in [-0.39, 0.29) is 47.8 Å². The maximum atomic E-state index is 13.9. The van der Waals surface area contributed by atoms with Gasteiger partial charge in [-0.05, 0) is 51.0 Å². The van der Waals surface area contributed by atoms with Gasteiger partial charge in [0.05, 0.1) is 21.3 Å². The molecule has 1 fully saturated rings. The van der Waals surface area contributed by atoms with Crippen molar-refractivity contribution in [1.29, 1.82) is 0 Å². The van der Waals surface area contributed by atoms with Crippen LogP contribution < -0.4 is 5.32 Å². The fourth-order valence-corrected chi connectivity index (χ4v) is 4.10. The zero-order chi connectivity index (χ0) is 22.2. The van der Waals surface area contributed by atoms with Gasteiger partial charge >= 0.3 is 0 Å². The number of amides is 1. The van der Waals surface area contributed by atoms with E-state index in [9.17, 15) is 18.7 Å². The maximum absolute atomic E-state index is 13.9. The zero-order valence-electron chi connectivity index (χ0n) is 16.8. The van der Waals surface area contributed by atoms with Crippen molar-refractivity contribution in [3.8, 4) is 0 Å². The molecule has 1 aromatic heterocycles. The third-order valence-electron chi connectivity index (χ3n) is 5.64. The standard InChI is InChI=1S/C22H24Cl2F2N2O2/c1-20(2,30)16-7-4-8-17(28-16)21(9-11-22(25,26)12-10-21)13-27-19(29)14-5-3-6-15(23)18(14)24/h3-8,30H,9-13H2,1-2H3,(H,27,29). The monoisotopic (exact) mass is 456 g/mol. The number of aromatic nitrogens is 1. The summed E-state index contributed by atoms with van der Waals surface area (Å²) in [5.41, 5.74) is -0.702. The molecule has 1 aliphatic carbocycles. The number of aliphatic hydroxyl groups is 1. The molecule has 1 heterocycles. The molecule has 1 aromatic carbocycles. The number of hydrogen-bond acceptors (Lipinski definition) is 3. The summed E-state index contributed by atoms with van der Waals surface area (Å²) >= 11 is 12.1. The summed E-state index contributed by atoms with van der Waals surface area (Å²) in [6, 6.07) is 9.96. The number of carbonyl (C=O) groups excluding carboxylic acids is 1. The van der Waals surface area contributed by atoms with Gasteiger partial charge in [-0.3, -0.25) is 9.78 Å². The molecular formula is C22H24Cl2F2N2O2. The Balaban J connectivity index is 1.90. The van der Waals surface area contributed by atoms with Crippen LogP contribution >= 0.6 is 23.2 Å². The molecule has 2 N–H and O–H groups in total. The van der Waals surface area contributed by atoms with E-state index in [4.69, 9.17) is 23.2 Å². The lowest BCUT2D eigenvalue weighted by Crippen LogP contribution is -2.46. The van der Waals surface area contributed by atoms with Gasteiger partial charge in [0.25, 0.3) is 5.91 Å². The molecule has 0 unspecified atom stereocenters. The summed E-state index contributed by atoms with van der Waals surface area (Å²) in [4.78, 5) is 17.3. The Morgan fingerprint density at radius 2 is 1.77 bits per heavy atom. The zero-order valence-corrected chi connectivity index (χ0v) is 18.3. The fourth-order valence-electron chi connectivity index (χ4n) is 3.71. The summed E-state index contributed by atoms with van der Waals surface area (Å²) in [5.74, 6) is -3.17. The predicted molar refractivity (Wildman–Crippen MR) is 113 cm³/mol. The van der Waals surface area contributed by atoms with Crippen LogP contribution in [-0.2, 0) is 11.0 Å². The summed E-state index contributed by atoms with van der Waals surface area (Å²) in [5, 5.41) is 13.6. The summed E-state index contributed by atoms with van der Waals surface area (Å²) in [6.45, 7) is 3.35. The molecule has 1 aliphatic rings. The molecule has 1 saturated carbocycles. The molecule has 8 heteroatoms. The minimum Gasteiger partial charge on any atom is -0.384 e. The van der Waals surface area contributed by atoms with E-state index in [0.717, 1.165) is 0 Å². The lowest BCUT2D eigenvalue weighted by molar-refractivity contribution is -0.0522. The Kier molecular flexibility index (Phi) is 6.42. The second-order valence-corrected chi connectivity index (χ2v) is 9.17. The molecular weight excluding hydrogens is 433 g/mol. The van der Waals surface area contributed by atoms with Crippen LogP contribution in [0.2, 0.25) is 10.0 Å². The molecule has 162 valence electrons. The highest BCUT2D eigenvalue weighted by Gasteiger charge is 2.45. The van der Waals surface area contributed by atoms with E-state index in [1.165, 1.54) is 0 Å². The SMILES string of the molecule is CC(C)(O)c1cccc(C2(CNC(=O)c3cccc(Cl)c3Cl)CCC(F)(F)CC2)n1. The number of pyridine rings is 1. The second kappa shape index (κ2) is 8.40. The Morgan fingerprint density at radius 1 is 1.13 bits per heavy atom. The molecule has 0 bridgehead atoms. The van der Waals surface area contributed by atoms with Gasteiger partial charge in [0.1, 0.15) is 5.60 Å². The van der Waals surface area contributed by atoms with E-state index >= 15 is 0 Å². The first-order valence-electron chi connectivity index (χ1n) is 9.74. The van der Waals surface area contributed by atoms with Gasteiger partial charge < -0.3 is 10.4 Å². The molecule has 4 nitrogen and oxygen atoms in total. The fraction of sp³-hybridized carbons (Fsp3) is 0.455. The van der Waals surface area contributed by atoms with Crippen molar-refractivity contribution < 1.29 is 18.7 Å². The first kappa shape index (κ1) is 22.9. The van der Waals surface area contributed by atoms with Crippen molar-refractivity contribution in [1.82, 2.24) is 10.3 Å². The first-order chi connectivity index (χ1) is 13.9. The minimum absolute atomic E-state index is 0.118. The summed E-state index contributed by atoms with van der Waals surface area (Å²) < 4.78 is 27.8. The van der Waals surface area contributed by atoms with Gasteiger partial charge in [0, 0.05) is 30.5 Å². The highest BCUT2D eigenvalue weighted by atomic mass is 35.5. The van der Waals surface area contributed by atoms with Crippen LogP contribution in [0.3, 0.4) is 0 Å². The Morgan fingerprint density at radius 3 is 2.40 bits per heavy atom. The van der Waals surface area contributed by atoms with Crippen molar-refractivity contribution in [3.63, 3.8) is 0 Å². The largest absolute Gasteiger partial charge is 0.384 e. The highest BCUT2D eigenvalue weighted by Crippen LogP contribution is 2.45. The van der Waals surface area contributed by atoms with E-state index in [2.05, 4.69) is 10.3 Å². The molecule has 0 saturated heterocycles. The van der Waals surface area contributed by atoms with Gasteiger partial charge in [-0.1, -0.05) is 35.3 Å². The van der Waals surface area contributed by atoms with Gasteiger partial charge in [0.2, 0.25) is 5.92 Å². The molecule has 0 spiro atoms. The van der Waals surface area contributed by atoms with E-state index in [0.29, 0.717) is 11.4 Å². The van der Waals surface area contributed by atoms with Crippen LogP contribution in [0.4, 0.5) is 8.78 Å². The average molecular weight is 457 g/mol. The highest BCUT2D eigenvalue weighted by molar-refractivity contribution is 6.43. The Bertz CT molecular complexity index is 935. The van der Waals surface area contributed by atoms with Crippen LogP contribution in [-0.4, -0.2) is 28.5 Å². The van der Waals surface area contributed by atoms with E-state index in [1.54, 1.807) is 50.2 Å². The third-order valence-corrected chi connectivity index (χ3v) is 6.46. The lowest BCUT2D eigenvalue weighted by Gasteiger charge is -2.40. The van der Waals surface area contributed by atoms with E-state index in [1.807, 2.05) is 0 Å². The smallest absolute Gasteiger partial charge is 0.252 e. The Hall–Kier alpha value is -1.76. The van der Waals surface area contributed by atoms with Gasteiger partial charge in [-0.15, -0.1) is 0 Å². The number of nitrogens with one attached hydrogen (secondary N) is 1. The maximum Gasteiger partial charge on any atom is 0.252 e. The van der Waals surface area contributed by atoms with Crippen LogP contribution in [0, 0.1) is 0 Å². The van der Waals surface area contributed by atoms with Crippen molar-refractivity contribution in [3.05, 3.63) is 63.4 Å². The van der Waals surface area contributed by atoms with E-state index < -0.39 is 22.8 Å². The number of rotatable bonds is 5. The summed E-state index contributed by atoms with van der Waals surface area (Å²) in [6.07, 6.45) is -0.276. The average Bonchev–Trinajstić information content (AvgIpc) is 2.69. The third kappa shape index (κ3) is 4.93. The van der Waals surface area contributed by atoms with Crippen LogP contribution in [0.5, 0.6) is 0 Å². The molecule has 2 aromatic rings. The first-order valence-corrected chi connectivity index (χ1v) is 10.5. The van der Waals surface area contributed by atoms with Crippen LogP contribution in [0.15, 0.2) is 36.4 Å². The van der Waals surface area contributed by atoms with Crippen molar-refractivity contribution in [2.45, 2.75) is 56.5 Å². The number of benzene rings is 1. The lowest BCUT2D eigenvalue weighted by atomic mass is 9.70. The normalized spacial score (nSPS) is 18.1. The van der Waals surface area contributed by atoms with Gasteiger partial charge in [-0.25, -0.2) is 8.78 Å². The van der Waals surface area contributed by atoms with Gasteiger partial charge in [-0.2, -0.15) is 0 Å². The van der Waals surface area contributed by atoms with Crippen molar-refractivity contribution in [2.75, 3.05) is 6.54 Å². The number of alkyl halides is 2. The molecule has 3 rings (SSSR count). The van der Waals surface area contributed by atoms with Gasteiger partial charge in [0.15, 0.2) is 0 Å². The Labute approximate surface area is 184 Å². The van der Waals surface area contributed by atoms with Crippen LogP contribution in [0.1, 0.15) is 61.3 Å². The predicted octanol–water partition coefficient (Wildman–Crippen LogP) is 5.49. The molecule has 0 aliphatic heterocycles. The molecule has 30 heavy (non-hydrogen) atoms. The topological polar surface area (TPSA) is 62.2 Å². The number of hydrogen-bond donors (Lipinski definition) is 2. The number of nitrogens with zero attached hydrogens (tertiary/aromatic N) is 1. The summed E-state index contributed by atoms with van der Waals surface area (Å²) in [7, 11) is 0. The number of halogens is 4. The van der Waals surface area contributed by atoms with Crippen molar-refractivity contribution in [2.24, 2.45) is 0 Å². The molecule has 1 amide bonds. The quantitative estimate of drug-likeness (QED) is 0.624. The van der Waals surface area contributed by atoms with Crippen molar-refractivity contribution >= 4 is 29.1 Å². The molecule has 0 atom stereocenters. The minimum atomic E-state index is -2.74. The second-order valence-electron chi connectivity index (χ2n) is 8.39.